The molecule has 0 aliphatic carbocycles. The second-order valence-corrected chi connectivity index (χ2v) is 8.85. The van der Waals surface area contributed by atoms with E-state index in [0.29, 0.717) is 24.4 Å². The lowest BCUT2D eigenvalue weighted by Gasteiger charge is -2.50. The average Bonchev–Trinajstić information content (AvgIpc) is 2.70. The molecule has 1 aliphatic heterocycles. The third kappa shape index (κ3) is 3.88. The van der Waals surface area contributed by atoms with Gasteiger partial charge >= 0.3 is 0 Å². The smallest absolute Gasteiger partial charge is 0.278 e. The zero-order valence-corrected chi connectivity index (χ0v) is 18.8. The van der Waals surface area contributed by atoms with Crippen LogP contribution in [0.25, 0.3) is 0 Å². The quantitative estimate of drug-likeness (QED) is 0.477. The Morgan fingerprint density at radius 1 is 1.22 bits per heavy atom. The number of halogens is 2. The van der Waals surface area contributed by atoms with Crippen LogP contribution in [-0.4, -0.2) is 49.9 Å². The maximum atomic E-state index is 13.9. The number of aromatic nitrogens is 1. The molecule has 8 nitrogen and oxygen atoms in total. The molecule has 0 saturated carbocycles. The molecule has 0 saturated heterocycles. The van der Waals surface area contributed by atoms with Crippen LogP contribution in [0.2, 0.25) is 0 Å². The van der Waals surface area contributed by atoms with E-state index in [0.717, 1.165) is 6.07 Å². The van der Waals surface area contributed by atoms with Crippen molar-refractivity contribution < 1.29 is 18.7 Å². The number of hydrogen-bond acceptors (Lipinski definition) is 7. The SMILES string of the molecule is CCN1C(=O)c2c(O)c(=O)c(C(=N)SC(=N)Cc3ccc(F)cc3F)cn2N(C)C1(C)C. The van der Waals surface area contributed by atoms with Crippen molar-refractivity contribution in [2.24, 2.45) is 0 Å². The molecule has 1 amide bonds. The first-order valence-electron chi connectivity index (χ1n) is 9.73. The standard InChI is InChI=1S/C21H23F2N5O3S/c1-5-27-20(31)16-18(30)17(29)13(10-28(16)26(4)21(27,2)3)19(25)32-15(24)8-11-6-7-12(22)9-14(11)23/h6-7,9-10,24-25,30H,5,8H2,1-4H3. The summed E-state index contributed by atoms with van der Waals surface area (Å²) in [5, 5.41) is 28.1. The zero-order chi connectivity index (χ0) is 24.0. The average molecular weight is 464 g/mol. The predicted molar refractivity (Wildman–Crippen MR) is 120 cm³/mol. The molecule has 2 aromatic rings. The highest BCUT2D eigenvalue weighted by Crippen LogP contribution is 2.30. The normalized spacial score (nSPS) is 15.0. The summed E-state index contributed by atoms with van der Waals surface area (Å²) in [6.45, 7) is 5.75. The summed E-state index contributed by atoms with van der Waals surface area (Å²) in [6.07, 6.45) is 1.08. The van der Waals surface area contributed by atoms with Gasteiger partial charge < -0.3 is 10.0 Å². The highest BCUT2D eigenvalue weighted by molar-refractivity contribution is 8.26. The largest absolute Gasteiger partial charge is 0.502 e. The maximum absolute atomic E-state index is 13.9. The molecule has 0 spiro atoms. The van der Waals surface area contributed by atoms with Crippen molar-refractivity contribution in [1.29, 1.82) is 10.8 Å². The second kappa shape index (κ2) is 8.38. The fourth-order valence-electron chi connectivity index (χ4n) is 3.58. The van der Waals surface area contributed by atoms with Crippen molar-refractivity contribution in [3.8, 4) is 5.75 Å². The molecule has 0 fully saturated rings. The summed E-state index contributed by atoms with van der Waals surface area (Å²) in [5.74, 6) is -2.85. The first-order valence-corrected chi connectivity index (χ1v) is 10.5. The van der Waals surface area contributed by atoms with Crippen molar-refractivity contribution in [3.05, 3.63) is 63.1 Å². The van der Waals surface area contributed by atoms with Crippen LogP contribution in [-0.2, 0) is 6.42 Å². The molecule has 1 aliphatic rings. The molecule has 1 aromatic carbocycles. The number of carbonyl (C=O) groups is 1. The number of aromatic hydroxyl groups is 1. The van der Waals surface area contributed by atoms with Gasteiger partial charge in [-0.15, -0.1) is 0 Å². The minimum atomic E-state index is -0.910. The van der Waals surface area contributed by atoms with Crippen LogP contribution in [0.4, 0.5) is 8.78 Å². The fourth-order valence-corrected chi connectivity index (χ4v) is 4.31. The maximum Gasteiger partial charge on any atom is 0.278 e. The van der Waals surface area contributed by atoms with Gasteiger partial charge in [-0.3, -0.25) is 30.1 Å². The molecule has 2 heterocycles. The summed E-state index contributed by atoms with van der Waals surface area (Å²) >= 11 is 0.609. The highest BCUT2D eigenvalue weighted by Gasteiger charge is 2.43. The Balaban J connectivity index is 1.94. The Labute approximate surface area is 187 Å². The molecule has 11 heteroatoms. The number of thioether (sulfide) groups is 1. The minimum Gasteiger partial charge on any atom is -0.502 e. The van der Waals surface area contributed by atoms with E-state index >= 15 is 0 Å². The van der Waals surface area contributed by atoms with Crippen molar-refractivity contribution in [2.75, 3.05) is 18.6 Å². The number of pyridine rings is 1. The Hall–Kier alpha value is -3.21. The van der Waals surface area contributed by atoms with Crippen molar-refractivity contribution in [2.45, 2.75) is 32.9 Å². The molecule has 1 aromatic heterocycles. The van der Waals surface area contributed by atoms with Gasteiger partial charge in [-0.05, 0) is 32.4 Å². The number of nitrogens with zero attached hydrogens (tertiary/aromatic N) is 3. The highest BCUT2D eigenvalue weighted by atomic mass is 32.2. The van der Waals surface area contributed by atoms with Gasteiger partial charge in [0, 0.05) is 32.3 Å². The van der Waals surface area contributed by atoms with Gasteiger partial charge in [-0.2, -0.15) is 0 Å². The molecule has 0 bridgehead atoms. The summed E-state index contributed by atoms with van der Waals surface area (Å²) in [5.41, 5.74) is -2.02. The molecule has 0 atom stereocenters. The third-order valence-corrected chi connectivity index (χ3v) is 6.35. The number of hydrogen-bond donors (Lipinski definition) is 3. The Morgan fingerprint density at radius 3 is 2.47 bits per heavy atom. The van der Waals surface area contributed by atoms with Crippen LogP contribution in [0, 0.1) is 22.5 Å². The first-order chi connectivity index (χ1) is 14.9. The Bertz CT molecular complexity index is 1190. The van der Waals surface area contributed by atoms with Gasteiger partial charge in [-0.25, -0.2) is 8.78 Å². The third-order valence-electron chi connectivity index (χ3n) is 5.54. The number of rotatable bonds is 4. The number of carbonyl (C=O) groups excluding carboxylic acids is 1. The van der Waals surface area contributed by atoms with E-state index in [1.807, 2.05) is 0 Å². The fraction of sp³-hybridized carbons (Fsp3) is 0.333. The molecule has 170 valence electrons. The van der Waals surface area contributed by atoms with E-state index in [-0.39, 0.29) is 33.3 Å². The number of fused-ring (bicyclic) bond motifs is 1. The van der Waals surface area contributed by atoms with Crippen LogP contribution in [0.1, 0.15) is 42.4 Å². The molecule has 0 unspecified atom stereocenters. The lowest BCUT2D eigenvalue weighted by molar-refractivity contribution is 0.0416. The Kier molecular flexibility index (Phi) is 6.14. The summed E-state index contributed by atoms with van der Waals surface area (Å²) in [7, 11) is 1.68. The van der Waals surface area contributed by atoms with E-state index < -0.39 is 34.4 Å². The van der Waals surface area contributed by atoms with Crippen LogP contribution >= 0.6 is 11.8 Å². The van der Waals surface area contributed by atoms with E-state index in [9.17, 15) is 23.5 Å². The van der Waals surface area contributed by atoms with Crippen LogP contribution < -0.4 is 10.4 Å². The lowest BCUT2D eigenvalue weighted by Crippen LogP contribution is -2.66. The van der Waals surface area contributed by atoms with E-state index in [1.54, 1.807) is 32.8 Å². The van der Waals surface area contributed by atoms with Crippen LogP contribution in [0.5, 0.6) is 5.75 Å². The summed E-state index contributed by atoms with van der Waals surface area (Å²) in [6, 6.07) is 3.00. The molecular formula is C21H23F2N5O3S. The van der Waals surface area contributed by atoms with Crippen LogP contribution in [0.15, 0.2) is 29.2 Å². The van der Waals surface area contributed by atoms with E-state index in [4.69, 9.17) is 10.8 Å². The first kappa shape index (κ1) is 23.5. The van der Waals surface area contributed by atoms with Gasteiger partial charge in [0.1, 0.15) is 22.3 Å². The van der Waals surface area contributed by atoms with Gasteiger partial charge in [0.05, 0.1) is 10.6 Å². The number of benzene rings is 1. The molecular weight excluding hydrogens is 440 g/mol. The lowest BCUT2D eigenvalue weighted by atomic mass is 10.1. The van der Waals surface area contributed by atoms with Gasteiger partial charge in [-0.1, -0.05) is 17.8 Å². The van der Waals surface area contributed by atoms with Crippen molar-refractivity contribution >= 4 is 27.8 Å². The zero-order valence-electron chi connectivity index (χ0n) is 18.0. The second-order valence-electron chi connectivity index (χ2n) is 7.75. The predicted octanol–water partition coefficient (Wildman–Crippen LogP) is 2.89. The number of nitrogens with one attached hydrogen (secondary N) is 2. The van der Waals surface area contributed by atoms with Gasteiger partial charge in [0.15, 0.2) is 11.4 Å². The minimum absolute atomic E-state index is 0.0773. The molecule has 3 rings (SSSR count). The monoisotopic (exact) mass is 463 g/mol. The summed E-state index contributed by atoms with van der Waals surface area (Å²) in [4.78, 5) is 27.2. The number of amides is 1. The van der Waals surface area contributed by atoms with Crippen molar-refractivity contribution in [3.63, 3.8) is 0 Å². The summed E-state index contributed by atoms with van der Waals surface area (Å²) < 4.78 is 28.3. The van der Waals surface area contributed by atoms with Crippen molar-refractivity contribution in [1.82, 2.24) is 9.58 Å². The van der Waals surface area contributed by atoms with Crippen LogP contribution in [0.3, 0.4) is 0 Å². The van der Waals surface area contributed by atoms with E-state index in [1.165, 1.54) is 21.8 Å². The molecule has 32 heavy (non-hydrogen) atoms. The topological polar surface area (TPSA) is 113 Å². The van der Waals surface area contributed by atoms with E-state index in [2.05, 4.69) is 0 Å². The molecule has 0 radical (unpaired) electrons. The molecule has 3 N–H and O–H groups in total. The van der Waals surface area contributed by atoms with Gasteiger partial charge in [0.25, 0.3) is 5.91 Å². The van der Waals surface area contributed by atoms with Gasteiger partial charge in [0.2, 0.25) is 5.43 Å². The Morgan fingerprint density at radius 2 is 1.88 bits per heavy atom.